The fourth-order valence-corrected chi connectivity index (χ4v) is 3.31. The van der Waals surface area contributed by atoms with Crippen LogP contribution >= 0.6 is 0 Å². The van der Waals surface area contributed by atoms with Crippen LogP contribution in [-0.2, 0) is 10.3 Å². The summed E-state index contributed by atoms with van der Waals surface area (Å²) in [5, 5.41) is 11.9. The number of ether oxygens (including phenoxy) is 1. The van der Waals surface area contributed by atoms with Crippen LogP contribution in [0.25, 0.3) is 11.4 Å². The van der Waals surface area contributed by atoms with E-state index in [1.54, 1.807) is 30.5 Å². The standard InChI is InChI=1S/C18H19N5O3/c1-25-16(24)14-5-3-13(4-6-14)15-21-17(26-22-15)18(7-10-19-11-8-18)23-12-2-9-20-23/h2-6,9,12,19H,7-8,10-11H2,1H3. The van der Waals surface area contributed by atoms with Crippen LogP contribution in [0.5, 0.6) is 0 Å². The molecule has 1 N–H and O–H groups in total. The normalized spacial score (nSPS) is 16.3. The summed E-state index contributed by atoms with van der Waals surface area (Å²) in [5.41, 5.74) is 0.815. The molecule has 1 aromatic carbocycles. The van der Waals surface area contributed by atoms with Gasteiger partial charge in [0.25, 0.3) is 5.89 Å². The molecule has 0 bridgehead atoms. The van der Waals surface area contributed by atoms with E-state index in [-0.39, 0.29) is 5.97 Å². The molecule has 2 aromatic heterocycles. The number of benzene rings is 1. The highest BCUT2D eigenvalue weighted by Crippen LogP contribution is 2.34. The van der Waals surface area contributed by atoms with Crippen LogP contribution in [0.1, 0.15) is 29.1 Å². The summed E-state index contributed by atoms with van der Waals surface area (Å²) in [6, 6.07) is 8.83. The Balaban J connectivity index is 1.67. The number of piperidine rings is 1. The zero-order valence-electron chi connectivity index (χ0n) is 14.4. The summed E-state index contributed by atoms with van der Waals surface area (Å²) < 4.78 is 12.3. The molecule has 26 heavy (non-hydrogen) atoms. The second kappa shape index (κ2) is 6.72. The van der Waals surface area contributed by atoms with Gasteiger partial charge >= 0.3 is 5.97 Å². The van der Waals surface area contributed by atoms with Crippen molar-refractivity contribution in [3.63, 3.8) is 0 Å². The van der Waals surface area contributed by atoms with E-state index in [9.17, 15) is 4.79 Å². The maximum Gasteiger partial charge on any atom is 0.337 e. The Morgan fingerprint density at radius 3 is 2.69 bits per heavy atom. The zero-order valence-corrected chi connectivity index (χ0v) is 14.4. The third-order valence-electron chi connectivity index (χ3n) is 4.76. The average Bonchev–Trinajstić information content (AvgIpc) is 3.40. The zero-order chi connectivity index (χ0) is 18.0. The van der Waals surface area contributed by atoms with Crippen molar-refractivity contribution >= 4 is 5.97 Å². The number of carbonyl (C=O) groups is 1. The van der Waals surface area contributed by atoms with Gasteiger partial charge in [-0.25, -0.2) is 4.79 Å². The smallest absolute Gasteiger partial charge is 0.337 e. The second-order valence-corrected chi connectivity index (χ2v) is 6.22. The summed E-state index contributed by atoms with van der Waals surface area (Å²) in [7, 11) is 1.36. The van der Waals surface area contributed by atoms with Gasteiger partial charge in [-0.15, -0.1) is 0 Å². The van der Waals surface area contributed by atoms with Crippen molar-refractivity contribution in [2.24, 2.45) is 0 Å². The lowest BCUT2D eigenvalue weighted by atomic mass is 9.88. The predicted octanol–water partition coefficient (Wildman–Crippen LogP) is 1.85. The number of nitrogens with zero attached hydrogens (tertiary/aromatic N) is 4. The summed E-state index contributed by atoms with van der Waals surface area (Å²) in [5.74, 6) is 0.661. The molecule has 1 aliphatic heterocycles. The molecule has 0 spiro atoms. The fraction of sp³-hybridized carbons (Fsp3) is 0.333. The van der Waals surface area contributed by atoms with Gasteiger partial charge in [0, 0.05) is 18.0 Å². The van der Waals surface area contributed by atoms with Gasteiger partial charge in [0.05, 0.1) is 12.7 Å². The largest absolute Gasteiger partial charge is 0.465 e. The van der Waals surface area contributed by atoms with Crippen LogP contribution in [-0.4, -0.2) is 46.1 Å². The minimum atomic E-state index is -0.439. The van der Waals surface area contributed by atoms with E-state index < -0.39 is 5.54 Å². The number of methoxy groups -OCH3 is 1. The average molecular weight is 353 g/mol. The van der Waals surface area contributed by atoms with E-state index in [1.165, 1.54) is 7.11 Å². The molecule has 0 saturated carbocycles. The molecule has 4 rings (SSSR count). The quantitative estimate of drug-likeness (QED) is 0.715. The van der Waals surface area contributed by atoms with Crippen LogP contribution in [0.2, 0.25) is 0 Å². The molecule has 0 unspecified atom stereocenters. The van der Waals surface area contributed by atoms with Gasteiger partial charge in [0.1, 0.15) is 5.54 Å². The Hall–Kier alpha value is -3.00. The molecule has 0 amide bonds. The number of hydrogen-bond donors (Lipinski definition) is 1. The monoisotopic (exact) mass is 353 g/mol. The molecule has 3 aromatic rings. The van der Waals surface area contributed by atoms with E-state index >= 15 is 0 Å². The number of nitrogens with one attached hydrogen (secondary N) is 1. The van der Waals surface area contributed by atoms with Gasteiger partial charge in [-0.05, 0) is 44.1 Å². The molecule has 1 fully saturated rings. The van der Waals surface area contributed by atoms with Gasteiger partial charge < -0.3 is 14.6 Å². The Morgan fingerprint density at radius 1 is 1.27 bits per heavy atom. The molecular formula is C18H19N5O3. The molecule has 0 aliphatic carbocycles. The lowest BCUT2D eigenvalue weighted by Gasteiger charge is -2.34. The van der Waals surface area contributed by atoms with Gasteiger partial charge in [0.2, 0.25) is 5.82 Å². The Kier molecular flexibility index (Phi) is 4.26. The van der Waals surface area contributed by atoms with Crippen LogP contribution in [0.4, 0.5) is 0 Å². The van der Waals surface area contributed by atoms with E-state index in [2.05, 4.69) is 20.6 Å². The first-order chi connectivity index (χ1) is 12.7. The number of aromatic nitrogens is 4. The molecule has 1 saturated heterocycles. The first kappa shape index (κ1) is 16.5. The van der Waals surface area contributed by atoms with Gasteiger partial charge in [0.15, 0.2) is 0 Å². The minimum absolute atomic E-state index is 0.377. The highest BCUT2D eigenvalue weighted by molar-refractivity contribution is 5.89. The van der Waals surface area contributed by atoms with E-state index in [1.807, 2.05) is 16.9 Å². The first-order valence-corrected chi connectivity index (χ1v) is 8.47. The Morgan fingerprint density at radius 2 is 2.04 bits per heavy atom. The molecule has 8 heteroatoms. The van der Waals surface area contributed by atoms with E-state index in [4.69, 9.17) is 9.26 Å². The molecule has 1 aliphatic rings. The fourth-order valence-electron chi connectivity index (χ4n) is 3.31. The van der Waals surface area contributed by atoms with Crippen molar-refractivity contribution in [1.82, 2.24) is 25.2 Å². The second-order valence-electron chi connectivity index (χ2n) is 6.22. The van der Waals surface area contributed by atoms with Crippen LogP contribution in [0.15, 0.2) is 47.2 Å². The topological polar surface area (TPSA) is 95.1 Å². The highest BCUT2D eigenvalue weighted by Gasteiger charge is 2.41. The van der Waals surface area contributed by atoms with Crippen molar-refractivity contribution in [1.29, 1.82) is 0 Å². The first-order valence-electron chi connectivity index (χ1n) is 8.47. The van der Waals surface area contributed by atoms with Crippen molar-refractivity contribution < 1.29 is 14.1 Å². The molecule has 3 heterocycles. The van der Waals surface area contributed by atoms with Crippen LogP contribution < -0.4 is 5.32 Å². The highest BCUT2D eigenvalue weighted by atomic mass is 16.5. The number of rotatable bonds is 4. The van der Waals surface area contributed by atoms with Gasteiger partial charge in [-0.3, -0.25) is 4.68 Å². The summed E-state index contributed by atoms with van der Waals surface area (Å²) >= 11 is 0. The number of carbonyl (C=O) groups excluding carboxylic acids is 1. The van der Waals surface area contributed by atoms with Crippen LogP contribution in [0.3, 0.4) is 0 Å². The van der Waals surface area contributed by atoms with Crippen LogP contribution in [0, 0.1) is 0 Å². The predicted molar refractivity (Wildman–Crippen MR) is 92.5 cm³/mol. The molecular weight excluding hydrogens is 334 g/mol. The molecule has 0 radical (unpaired) electrons. The molecule has 0 atom stereocenters. The summed E-state index contributed by atoms with van der Waals surface area (Å²) in [6.45, 7) is 1.71. The van der Waals surface area contributed by atoms with Crippen molar-refractivity contribution in [2.75, 3.05) is 20.2 Å². The maximum atomic E-state index is 11.6. The maximum absolute atomic E-state index is 11.6. The Labute approximate surface area is 150 Å². The lowest BCUT2D eigenvalue weighted by Crippen LogP contribution is -2.45. The van der Waals surface area contributed by atoms with E-state index in [0.717, 1.165) is 31.5 Å². The lowest BCUT2D eigenvalue weighted by molar-refractivity contribution is 0.0601. The Bertz CT molecular complexity index is 880. The SMILES string of the molecule is COC(=O)c1ccc(-c2noc(C3(n4cccn4)CCNCC3)n2)cc1. The van der Waals surface area contributed by atoms with Crippen molar-refractivity contribution in [2.45, 2.75) is 18.4 Å². The minimum Gasteiger partial charge on any atom is -0.465 e. The van der Waals surface area contributed by atoms with Crippen molar-refractivity contribution in [3.05, 3.63) is 54.2 Å². The summed E-state index contributed by atoms with van der Waals surface area (Å²) in [6.07, 6.45) is 5.32. The molecule has 134 valence electrons. The van der Waals surface area contributed by atoms with Gasteiger partial charge in [-0.2, -0.15) is 10.1 Å². The third kappa shape index (κ3) is 2.78. The van der Waals surface area contributed by atoms with E-state index in [0.29, 0.717) is 17.3 Å². The van der Waals surface area contributed by atoms with Gasteiger partial charge in [-0.1, -0.05) is 17.3 Å². The third-order valence-corrected chi connectivity index (χ3v) is 4.76. The number of hydrogen-bond acceptors (Lipinski definition) is 7. The summed E-state index contributed by atoms with van der Waals surface area (Å²) in [4.78, 5) is 16.2. The van der Waals surface area contributed by atoms with Crippen molar-refractivity contribution in [3.8, 4) is 11.4 Å². The number of esters is 1. The molecule has 8 nitrogen and oxygen atoms in total.